The molecule has 0 saturated heterocycles. The van der Waals surface area contributed by atoms with E-state index in [2.05, 4.69) is 4.72 Å². The topological polar surface area (TPSA) is 55.4 Å². The monoisotopic (exact) mass is 275 g/mol. The summed E-state index contributed by atoms with van der Waals surface area (Å²) in [6.07, 6.45) is 0. The molecule has 1 unspecified atom stereocenters. The molecule has 0 bridgehead atoms. The Morgan fingerprint density at radius 3 is 2.28 bits per heavy atom. The highest BCUT2D eigenvalue weighted by molar-refractivity contribution is 7.89. The van der Waals surface area contributed by atoms with Gasteiger partial charge in [-0.15, -0.1) is 0 Å². The molecule has 0 saturated carbocycles. The normalized spacial score (nSPS) is 13.8. The van der Waals surface area contributed by atoms with Crippen LogP contribution >= 0.6 is 0 Å². The van der Waals surface area contributed by atoms with E-state index in [1.807, 2.05) is 13.8 Å². The first-order chi connectivity index (χ1) is 8.36. The van der Waals surface area contributed by atoms with Gasteiger partial charge in [0.25, 0.3) is 0 Å². The highest BCUT2D eigenvalue weighted by Crippen LogP contribution is 2.12. The Labute approximate surface area is 107 Å². The van der Waals surface area contributed by atoms with Crippen molar-refractivity contribution in [1.29, 1.82) is 0 Å². The van der Waals surface area contributed by atoms with Gasteiger partial charge in [-0.3, -0.25) is 0 Å². The molecule has 0 aromatic heterocycles. The van der Waals surface area contributed by atoms with E-state index in [-0.39, 0.29) is 23.5 Å². The molecule has 1 N–H and O–H groups in total. The second kappa shape index (κ2) is 6.26. The third-order valence-corrected chi connectivity index (χ3v) is 4.09. The van der Waals surface area contributed by atoms with Crippen molar-refractivity contribution in [2.45, 2.75) is 24.8 Å². The lowest BCUT2D eigenvalue weighted by molar-refractivity contribution is 0.157. The molecule has 1 aromatic rings. The average molecular weight is 275 g/mol. The van der Waals surface area contributed by atoms with Crippen LogP contribution in [0.3, 0.4) is 0 Å². The Morgan fingerprint density at radius 1 is 1.28 bits per heavy atom. The fourth-order valence-electron chi connectivity index (χ4n) is 1.42. The lowest BCUT2D eigenvalue weighted by atomic mass is 10.1. The van der Waals surface area contributed by atoms with Crippen molar-refractivity contribution in [3.05, 3.63) is 30.1 Å². The van der Waals surface area contributed by atoms with Crippen LogP contribution < -0.4 is 4.72 Å². The van der Waals surface area contributed by atoms with Crippen LogP contribution in [0.4, 0.5) is 4.39 Å². The lowest BCUT2D eigenvalue weighted by Crippen LogP contribution is -2.41. The average Bonchev–Trinajstić information content (AvgIpc) is 2.28. The highest BCUT2D eigenvalue weighted by Gasteiger charge is 2.22. The molecule has 0 radical (unpaired) electrons. The molecular weight excluding hydrogens is 257 g/mol. The van der Waals surface area contributed by atoms with Crippen molar-refractivity contribution in [2.75, 3.05) is 13.7 Å². The van der Waals surface area contributed by atoms with E-state index >= 15 is 0 Å². The molecular formula is C12H18FNO3S. The van der Waals surface area contributed by atoms with E-state index in [9.17, 15) is 12.8 Å². The largest absolute Gasteiger partial charge is 0.383 e. The second-order valence-corrected chi connectivity index (χ2v) is 6.10. The number of nitrogens with one attached hydrogen (secondary N) is 1. The number of hydrogen-bond donors (Lipinski definition) is 1. The summed E-state index contributed by atoms with van der Waals surface area (Å²) in [6.45, 7) is 4.09. The predicted molar refractivity (Wildman–Crippen MR) is 67.2 cm³/mol. The van der Waals surface area contributed by atoms with Crippen LogP contribution in [0.25, 0.3) is 0 Å². The first-order valence-corrected chi connectivity index (χ1v) is 7.12. The van der Waals surface area contributed by atoms with Crippen LogP contribution in [0.2, 0.25) is 0 Å². The van der Waals surface area contributed by atoms with Crippen LogP contribution in [0.15, 0.2) is 29.2 Å². The second-order valence-electron chi connectivity index (χ2n) is 4.38. The molecule has 0 fully saturated rings. The van der Waals surface area contributed by atoms with Crippen LogP contribution in [0.5, 0.6) is 0 Å². The van der Waals surface area contributed by atoms with E-state index in [1.165, 1.54) is 19.2 Å². The molecule has 0 aliphatic heterocycles. The first-order valence-electron chi connectivity index (χ1n) is 5.63. The maximum absolute atomic E-state index is 12.8. The maximum Gasteiger partial charge on any atom is 0.240 e. The van der Waals surface area contributed by atoms with Gasteiger partial charge in [-0.1, -0.05) is 13.8 Å². The molecule has 0 amide bonds. The highest BCUT2D eigenvalue weighted by atomic mass is 32.2. The van der Waals surface area contributed by atoms with Crippen LogP contribution in [-0.2, 0) is 14.8 Å². The van der Waals surface area contributed by atoms with Crippen molar-refractivity contribution in [3.8, 4) is 0 Å². The number of sulfonamides is 1. The van der Waals surface area contributed by atoms with Gasteiger partial charge >= 0.3 is 0 Å². The molecule has 1 rings (SSSR count). The fraction of sp³-hybridized carbons (Fsp3) is 0.500. The number of halogens is 1. The molecule has 1 aromatic carbocycles. The van der Waals surface area contributed by atoms with Crippen molar-refractivity contribution in [2.24, 2.45) is 5.92 Å². The smallest absolute Gasteiger partial charge is 0.240 e. The van der Waals surface area contributed by atoms with Crippen molar-refractivity contribution in [1.82, 2.24) is 4.72 Å². The van der Waals surface area contributed by atoms with Gasteiger partial charge in [0, 0.05) is 13.2 Å². The number of ether oxygens (including phenoxy) is 1. The zero-order chi connectivity index (χ0) is 13.8. The Balaban J connectivity index is 2.89. The molecule has 0 aliphatic carbocycles. The van der Waals surface area contributed by atoms with Crippen molar-refractivity contribution < 1.29 is 17.5 Å². The minimum absolute atomic E-state index is 0.0469. The van der Waals surface area contributed by atoms with Gasteiger partial charge in [-0.2, -0.15) is 0 Å². The Kier molecular flexibility index (Phi) is 5.25. The molecule has 102 valence electrons. The van der Waals surface area contributed by atoms with Gasteiger partial charge < -0.3 is 4.74 Å². The quantitative estimate of drug-likeness (QED) is 0.861. The van der Waals surface area contributed by atoms with Crippen molar-refractivity contribution >= 4 is 10.0 Å². The number of benzene rings is 1. The molecule has 0 aliphatic rings. The summed E-state index contributed by atoms with van der Waals surface area (Å²) < 4.78 is 44.4. The Hall–Kier alpha value is -0.980. The maximum atomic E-state index is 12.8. The summed E-state index contributed by atoms with van der Waals surface area (Å²) >= 11 is 0. The number of rotatable bonds is 6. The number of hydrogen-bond acceptors (Lipinski definition) is 3. The van der Waals surface area contributed by atoms with E-state index in [0.29, 0.717) is 0 Å². The summed E-state index contributed by atoms with van der Waals surface area (Å²) in [5, 5.41) is 0. The van der Waals surface area contributed by atoms with Crippen LogP contribution in [-0.4, -0.2) is 28.2 Å². The number of methoxy groups -OCH3 is 1. The molecule has 0 spiro atoms. The lowest BCUT2D eigenvalue weighted by Gasteiger charge is -2.21. The van der Waals surface area contributed by atoms with Gasteiger partial charge in [0.2, 0.25) is 10.0 Å². The van der Waals surface area contributed by atoms with Gasteiger partial charge in [-0.25, -0.2) is 17.5 Å². The summed E-state index contributed by atoms with van der Waals surface area (Å²) in [5.41, 5.74) is 0. The van der Waals surface area contributed by atoms with E-state index in [4.69, 9.17) is 4.74 Å². The Morgan fingerprint density at radius 2 is 1.83 bits per heavy atom. The zero-order valence-electron chi connectivity index (χ0n) is 10.7. The molecule has 4 nitrogen and oxygen atoms in total. The third kappa shape index (κ3) is 4.04. The van der Waals surface area contributed by atoms with E-state index < -0.39 is 15.8 Å². The van der Waals surface area contributed by atoms with Crippen LogP contribution in [0.1, 0.15) is 13.8 Å². The first kappa shape index (κ1) is 15.1. The molecule has 18 heavy (non-hydrogen) atoms. The van der Waals surface area contributed by atoms with Gasteiger partial charge in [0.15, 0.2) is 0 Å². The van der Waals surface area contributed by atoms with Crippen molar-refractivity contribution in [3.63, 3.8) is 0 Å². The van der Waals surface area contributed by atoms with Crippen LogP contribution in [0, 0.1) is 11.7 Å². The van der Waals surface area contributed by atoms with E-state index in [1.54, 1.807) is 0 Å². The minimum Gasteiger partial charge on any atom is -0.383 e. The SMILES string of the molecule is COCC(NS(=O)(=O)c1ccc(F)cc1)C(C)C. The summed E-state index contributed by atoms with van der Waals surface area (Å²) in [6, 6.07) is 4.40. The predicted octanol–water partition coefficient (Wildman–Crippen LogP) is 1.78. The summed E-state index contributed by atoms with van der Waals surface area (Å²) in [5.74, 6) is -0.369. The Bertz CT molecular complexity index is 471. The zero-order valence-corrected chi connectivity index (χ0v) is 11.5. The third-order valence-electron chi connectivity index (χ3n) is 2.58. The molecule has 0 heterocycles. The summed E-state index contributed by atoms with van der Waals surface area (Å²) in [4.78, 5) is 0.0469. The summed E-state index contributed by atoms with van der Waals surface area (Å²) in [7, 11) is -2.12. The van der Waals surface area contributed by atoms with Gasteiger partial charge in [-0.05, 0) is 30.2 Å². The standard InChI is InChI=1S/C12H18FNO3S/c1-9(2)12(8-17-3)14-18(15,16)11-6-4-10(13)5-7-11/h4-7,9,12,14H,8H2,1-3H3. The van der Waals surface area contributed by atoms with Gasteiger partial charge in [0.1, 0.15) is 5.82 Å². The van der Waals surface area contributed by atoms with Gasteiger partial charge in [0.05, 0.1) is 11.5 Å². The molecule has 1 atom stereocenters. The minimum atomic E-state index is -3.64. The molecule has 6 heteroatoms. The van der Waals surface area contributed by atoms with E-state index in [0.717, 1.165) is 12.1 Å². The fourth-order valence-corrected chi connectivity index (χ4v) is 2.79.